The minimum Gasteiger partial charge on any atom is -0.300 e. The molecule has 6 heteroatoms. The fourth-order valence-corrected chi connectivity index (χ4v) is 2.17. The van der Waals surface area contributed by atoms with Crippen LogP contribution in [0.5, 0.6) is 0 Å². The first kappa shape index (κ1) is 13.2. The van der Waals surface area contributed by atoms with Crippen molar-refractivity contribution in [3.05, 3.63) is 41.7 Å². The van der Waals surface area contributed by atoms with Crippen LogP contribution in [0.2, 0.25) is 0 Å². The van der Waals surface area contributed by atoms with Gasteiger partial charge in [-0.3, -0.25) is 10.1 Å². The van der Waals surface area contributed by atoms with E-state index in [1.165, 1.54) is 0 Å². The van der Waals surface area contributed by atoms with E-state index in [0.29, 0.717) is 17.4 Å². The molecule has 0 saturated carbocycles. The van der Waals surface area contributed by atoms with Gasteiger partial charge in [-0.2, -0.15) is 9.64 Å². The number of rotatable bonds is 4. The summed E-state index contributed by atoms with van der Waals surface area (Å²) in [5.74, 6) is -0.467. The SMILES string of the molecule is Cc1nsc(NC(=O)C(C#N)Cc2ccccc2)n1. The van der Waals surface area contributed by atoms with Crippen molar-refractivity contribution in [2.45, 2.75) is 13.3 Å². The summed E-state index contributed by atoms with van der Waals surface area (Å²) in [6.07, 6.45) is 0.390. The Hall–Kier alpha value is -2.26. The van der Waals surface area contributed by atoms with Crippen LogP contribution in [0.3, 0.4) is 0 Å². The molecular formula is C13H12N4OS. The molecule has 2 aromatic rings. The van der Waals surface area contributed by atoms with Gasteiger partial charge in [0.15, 0.2) is 0 Å². The first-order valence-corrected chi connectivity index (χ1v) is 6.51. The molecule has 5 nitrogen and oxygen atoms in total. The smallest absolute Gasteiger partial charge is 0.243 e. The Morgan fingerprint density at radius 1 is 1.47 bits per heavy atom. The van der Waals surface area contributed by atoms with E-state index in [1.807, 2.05) is 36.4 Å². The van der Waals surface area contributed by atoms with Gasteiger partial charge in [0.1, 0.15) is 11.7 Å². The van der Waals surface area contributed by atoms with Crippen molar-refractivity contribution in [1.29, 1.82) is 5.26 Å². The Morgan fingerprint density at radius 2 is 2.21 bits per heavy atom. The Balaban J connectivity index is 2.02. The number of carbonyl (C=O) groups excluding carboxylic acids is 1. The zero-order valence-corrected chi connectivity index (χ0v) is 11.1. The van der Waals surface area contributed by atoms with E-state index in [4.69, 9.17) is 5.26 Å². The summed E-state index contributed by atoms with van der Waals surface area (Å²) in [6, 6.07) is 11.5. The van der Waals surface area contributed by atoms with E-state index >= 15 is 0 Å². The Labute approximate surface area is 115 Å². The maximum atomic E-state index is 12.0. The number of nitriles is 1. The average Bonchev–Trinajstić information content (AvgIpc) is 2.82. The topological polar surface area (TPSA) is 78.7 Å². The van der Waals surface area contributed by atoms with Crippen LogP contribution < -0.4 is 5.32 Å². The summed E-state index contributed by atoms with van der Waals surface area (Å²) in [7, 11) is 0. The Bertz CT molecular complexity index is 603. The van der Waals surface area contributed by atoms with E-state index in [9.17, 15) is 4.79 Å². The molecule has 1 amide bonds. The average molecular weight is 272 g/mol. The monoisotopic (exact) mass is 272 g/mol. The molecule has 0 spiro atoms. The summed E-state index contributed by atoms with van der Waals surface area (Å²) < 4.78 is 3.97. The summed E-state index contributed by atoms with van der Waals surface area (Å²) in [5.41, 5.74) is 0.956. The van der Waals surface area contributed by atoms with E-state index < -0.39 is 5.92 Å². The number of carbonyl (C=O) groups is 1. The number of hydrogen-bond donors (Lipinski definition) is 1. The first-order chi connectivity index (χ1) is 9.19. The lowest BCUT2D eigenvalue weighted by atomic mass is 10.00. The van der Waals surface area contributed by atoms with Gasteiger partial charge in [0.05, 0.1) is 6.07 Å². The van der Waals surface area contributed by atoms with Crippen molar-refractivity contribution in [1.82, 2.24) is 9.36 Å². The number of nitrogens with one attached hydrogen (secondary N) is 1. The fraction of sp³-hybridized carbons (Fsp3) is 0.231. The summed E-state index contributed by atoms with van der Waals surface area (Å²) in [5, 5.41) is 12.1. The van der Waals surface area contributed by atoms with Gasteiger partial charge in [-0.05, 0) is 18.9 Å². The Kier molecular flexibility index (Phi) is 4.21. The molecule has 0 bridgehead atoms. The highest BCUT2D eigenvalue weighted by molar-refractivity contribution is 7.09. The van der Waals surface area contributed by atoms with Crippen LogP contribution in [-0.2, 0) is 11.2 Å². The van der Waals surface area contributed by atoms with E-state index in [-0.39, 0.29) is 5.91 Å². The van der Waals surface area contributed by atoms with E-state index in [2.05, 4.69) is 14.7 Å². The highest BCUT2D eigenvalue weighted by Gasteiger charge is 2.19. The molecule has 0 radical (unpaired) electrons. The molecule has 0 saturated heterocycles. The van der Waals surface area contributed by atoms with E-state index in [0.717, 1.165) is 17.1 Å². The predicted octanol–water partition coefficient (Wildman–Crippen LogP) is 2.17. The number of amides is 1. The molecular weight excluding hydrogens is 260 g/mol. The standard InChI is InChI=1S/C13H12N4OS/c1-9-15-13(19-17-9)16-12(18)11(8-14)7-10-5-3-2-4-6-10/h2-6,11H,7H2,1H3,(H,15,16,17,18). The third-order valence-electron chi connectivity index (χ3n) is 2.51. The lowest BCUT2D eigenvalue weighted by Gasteiger charge is -2.08. The molecule has 1 atom stereocenters. The number of anilines is 1. The number of benzene rings is 1. The van der Waals surface area contributed by atoms with Crippen molar-refractivity contribution < 1.29 is 4.79 Å². The first-order valence-electron chi connectivity index (χ1n) is 5.74. The molecule has 0 aliphatic heterocycles. The second-order valence-electron chi connectivity index (χ2n) is 4.01. The van der Waals surface area contributed by atoms with Crippen LogP contribution in [0, 0.1) is 24.2 Å². The second-order valence-corrected chi connectivity index (χ2v) is 4.76. The van der Waals surface area contributed by atoms with Crippen LogP contribution in [-0.4, -0.2) is 15.3 Å². The highest BCUT2D eigenvalue weighted by atomic mass is 32.1. The zero-order chi connectivity index (χ0) is 13.7. The van der Waals surface area contributed by atoms with Gasteiger partial charge in [-0.15, -0.1) is 0 Å². The van der Waals surface area contributed by atoms with Crippen LogP contribution in [0.1, 0.15) is 11.4 Å². The molecule has 19 heavy (non-hydrogen) atoms. The van der Waals surface area contributed by atoms with Crippen molar-refractivity contribution >= 4 is 22.6 Å². The summed E-state index contributed by atoms with van der Waals surface area (Å²) >= 11 is 1.11. The summed E-state index contributed by atoms with van der Waals surface area (Å²) in [6.45, 7) is 1.75. The normalized spacial score (nSPS) is 11.6. The summed E-state index contributed by atoms with van der Waals surface area (Å²) in [4.78, 5) is 16.0. The second kappa shape index (κ2) is 6.07. The van der Waals surface area contributed by atoms with Gasteiger partial charge in [0, 0.05) is 11.5 Å². The number of aryl methyl sites for hydroxylation is 1. The quantitative estimate of drug-likeness (QED) is 0.925. The molecule has 1 unspecified atom stereocenters. The van der Waals surface area contributed by atoms with Crippen molar-refractivity contribution in [2.75, 3.05) is 5.32 Å². The van der Waals surface area contributed by atoms with Crippen LogP contribution in [0.4, 0.5) is 5.13 Å². The number of aromatic nitrogens is 2. The lowest BCUT2D eigenvalue weighted by molar-refractivity contribution is -0.118. The van der Waals surface area contributed by atoms with Crippen molar-refractivity contribution in [3.8, 4) is 6.07 Å². The van der Waals surface area contributed by atoms with Gasteiger partial charge in [-0.25, -0.2) is 4.98 Å². The molecule has 1 aromatic heterocycles. The van der Waals surface area contributed by atoms with Gasteiger partial charge in [0.2, 0.25) is 11.0 Å². The fourth-order valence-electron chi connectivity index (χ4n) is 1.59. The van der Waals surface area contributed by atoms with E-state index in [1.54, 1.807) is 6.92 Å². The molecule has 1 N–H and O–H groups in total. The molecule has 1 heterocycles. The minimum absolute atomic E-state index is 0.345. The minimum atomic E-state index is -0.730. The van der Waals surface area contributed by atoms with Crippen LogP contribution in [0.15, 0.2) is 30.3 Å². The molecule has 96 valence electrons. The predicted molar refractivity (Wildman–Crippen MR) is 72.5 cm³/mol. The van der Waals surface area contributed by atoms with Crippen LogP contribution in [0.25, 0.3) is 0 Å². The van der Waals surface area contributed by atoms with Gasteiger partial charge < -0.3 is 0 Å². The third-order valence-corrected chi connectivity index (χ3v) is 3.23. The third kappa shape index (κ3) is 3.60. The maximum absolute atomic E-state index is 12.0. The van der Waals surface area contributed by atoms with Gasteiger partial charge >= 0.3 is 0 Å². The van der Waals surface area contributed by atoms with Crippen molar-refractivity contribution in [3.63, 3.8) is 0 Å². The van der Waals surface area contributed by atoms with Crippen LogP contribution >= 0.6 is 11.5 Å². The molecule has 2 rings (SSSR count). The lowest BCUT2D eigenvalue weighted by Crippen LogP contribution is -2.23. The molecule has 1 aromatic carbocycles. The molecule has 0 aliphatic rings. The highest BCUT2D eigenvalue weighted by Crippen LogP contribution is 2.14. The van der Waals surface area contributed by atoms with Gasteiger partial charge in [0.25, 0.3) is 0 Å². The largest absolute Gasteiger partial charge is 0.300 e. The van der Waals surface area contributed by atoms with Gasteiger partial charge in [-0.1, -0.05) is 30.3 Å². The zero-order valence-electron chi connectivity index (χ0n) is 10.3. The molecule has 0 fully saturated rings. The maximum Gasteiger partial charge on any atom is 0.243 e. The number of hydrogen-bond acceptors (Lipinski definition) is 5. The Morgan fingerprint density at radius 3 is 2.79 bits per heavy atom. The number of nitrogens with zero attached hydrogens (tertiary/aromatic N) is 3. The van der Waals surface area contributed by atoms with Crippen molar-refractivity contribution in [2.24, 2.45) is 5.92 Å². The molecule has 0 aliphatic carbocycles.